The highest BCUT2D eigenvalue weighted by Crippen LogP contribution is 2.62. The molecule has 2 fully saturated rings. The summed E-state index contributed by atoms with van der Waals surface area (Å²) in [5.74, 6) is 2.48. The van der Waals surface area contributed by atoms with Crippen LogP contribution in [0.2, 0.25) is 44.8 Å². The van der Waals surface area contributed by atoms with E-state index in [1.165, 1.54) is 30.0 Å². The van der Waals surface area contributed by atoms with Crippen molar-refractivity contribution in [3.8, 4) is 0 Å². The van der Waals surface area contributed by atoms with Crippen LogP contribution in [0.25, 0.3) is 0 Å². The smallest absolute Gasteiger partial charge is 0.123 e. The molecular weight excluding hydrogens is 303 g/mol. The Bertz CT molecular complexity index is 568. The maximum atomic E-state index is 13.9. The Morgan fingerprint density at radius 3 is 2.18 bits per heavy atom. The zero-order valence-corrected chi connectivity index (χ0v) is 17.0. The lowest BCUT2D eigenvalue weighted by Crippen LogP contribution is -2.44. The minimum Gasteiger partial charge on any atom is -0.207 e. The van der Waals surface area contributed by atoms with Gasteiger partial charge in [-0.05, 0) is 53.8 Å². The fourth-order valence-corrected chi connectivity index (χ4v) is 10.4. The molecule has 0 N–H and O–H groups in total. The summed E-state index contributed by atoms with van der Waals surface area (Å²) >= 11 is 0. The molecule has 0 amide bonds. The summed E-state index contributed by atoms with van der Waals surface area (Å²) in [6, 6.07) is 5.74. The van der Waals surface area contributed by atoms with Crippen molar-refractivity contribution >= 4 is 21.3 Å². The lowest BCUT2D eigenvalue weighted by Gasteiger charge is -2.41. The first-order valence-corrected chi connectivity index (χ1v) is 16.0. The minimum atomic E-state index is -1.52. The van der Waals surface area contributed by atoms with Gasteiger partial charge in [0.05, 0.1) is 8.07 Å². The van der Waals surface area contributed by atoms with Crippen LogP contribution in [-0.4, -0.2) is 16.1 Å². The van der Waals surface area contributed by atoms with Gasteiger partial charge in [0.2, 0.25) is 0 Å². The SMILES string of the molecule is C[Si](C)(C)c1cc(F)ccc1[C@@H]1[C@H]2CC[C@H](C2)[C@@H]1[Si](C)(C)C. The third kappa shape index (κ3) is 2.75. The van der Waals surface area contributed by atoms with Gasteiger partial charge in [0.1, 0.15) is 5.82 Å². The van der Waals surface area contributed by atoms with Crippen LogP contribution in [0.5, 0.6) is 0 Å². The largest absolute Gasteiger partial charge is 0.207 e. The molecule has 0 heterocycles. The maximum absolute atomic E-state index is 13.9. The van der Waals surface area contributed by atoms with E-state index in [-0.39, 0.29) is 5.82 Å². The molecule has 0 saturated heterocycles. The summed E-state index contributed by atoms with van der Waals surface area (Å²) in [6.07, 6.45) is 4.28. The van der Waals surface area contributed by atoms with Gasteiger partial charge in [-0.2, -0.15) is 0 Å². The Morgan fingerprint density at radius 1 is 0.955 bits per heavy atom. The van der Waals surface area contributed by atoms with Crippen LogP contribution in [-0.2, 0) is 0 Å². The van der Waals surface area contributed by atoms with Crippen molar-refractivity contribution in [2.75, 3.05) is 0 Å². The molecule has 0 unspecified atom stereocenters. The lowest BCUT2D eigenvalue weighted by atomic mass is 9.83. The molecule has 2 saturated carbocycles. The first-order valence-electron chi connectivity index (χ1n) is 8.89. The van der Waals surface area contributed by atoms with Gasteiger partial charge in [-0.1, -0.05) is 57.0 Å². The molecule has 0 aliphatic heterocycles. The van der Waals surface area contributed by atoms with E-state index in [9.17, 15) is 4.39 Å². The van der Waals surface area contributed by atoms with Crippen LogP contribution in [0.15, 0.2) is 18.2 Å². The predicted octanol–water partition coefficient (Wildman–Crippen LogP) is 5.59. The van der Waals surface area contributed by atoms with Gasteiger partial charge in [-0.25, -0.2) is 4.39 Å². The third-order valence-corrected chi connectivity index (χ3v) is 11.0. The molecule has 1 aromatic rings. The summed E-state index contributed by atoms with van der Waals surface area (Å²) < 4.78 is 13.9. The van der Waals surface area contributed by atoms with Gasteiger partial charge in [-0.3, -0.25) is 0 Å². The highest BCUT2D eigenvalue weighted by atomic mass is 28.3. The molecular formula is C19H31FSi2. The zero-order valence-electron chi connectivity index (χ0n) is 15.0. The van der Waals surface area contributed by atoms with E-state index in [0.717, 1.165) is 17.4 Å². The van der Waals surface area contributed by atoms with Gasteiger partial charge < -0.3 is 0 Å². The Hall–Kier alpha value is -0.416. The summed E-state index contributed by atoms with van der Waals surface area (Å²) in [7, 11) is -2.72. The zero-order chi connectivity index (χ0) is 16.3. The Kier molecular flexibility index (Phi) is 3.96. The van der Waals surface area contributed by atoms with E-state index < -0.39 is 16.1 Å². The molecule has 0 aromatic heterocycles. The van der Waals surface area contributed by atoms with E-state index in [1.54, 1.807) is 6.07 Å². The fraction of sp³-hybridized carbons (Fsp3) is 0.684. The minimum absolute atomic E-state index is 0.0473. The number of fused-ring (bicyclic) bond motifs is 2. The van der Waals surface area contributed by atoms with Crippen LogP contribution in [0.4, 0.5) is 4.39 Å². The maximum Gasteiger partial charge on any atom is 0.123 e. The second-order valence-electron chi connectivity index (χ2n) is 9.73. The molecule has 122 valence electrons. The van der Waals surface area contributed by atoms with Crippen molar-refractivity contribution in [2.45, 2.75) is 70.0 Å². The van der Waals surface area contributed by atoms with E-state index in [0.29, 0.717) is 5.92 Å². The van der Waals surface area contributed by atoms with Gasteiger partial charge in [0.15, 0.2) is 0 Å². The molecule has 3 rings (SSSR count). The standard InChI is InChI=1S/C19H31FSi2/c1-21(2,3)17-12-15(20)9-10-16(17)18-13-7-8-14(11-13)19(18)22(4,5)6/h9-10,12-14,18-19H,7-8,11H2,1-6H3/t13-,14+,18-,19-/m0/s1. The molecule has 2 aliphatic rings. The van der Waals surface area contributed by atoms with E-state index >= 15 is 0 Å². The molecule has 4 atom stereocenters. The van der Waals surface area contributed by atoms with Crippen molar-refractivity contribution < 1.29 is 4.39 Å². The summed E-state index contributed by atoms with van der Waals surface area (Å²) in [6.45, 7) is 14.7. The Morgan fingerprint density at radius 2 is 1.59 bits per heavy atom. The number of hydrogen-bond donors (Lipinski definition) is 0. The molecule has 1 aromatic carbocycles. The summed E-state index contributed by atoms with van der Waals surface area (Å²) in [4.78, 5) is 0. The van der Waals surface area contributed by atoms with Crippen molar-refractivity contribution in [1.82, 2.24) is 0 Å². The molecule has 3 heteroatoms. The van der Waals surface area contributed by atoms with Crippen molar-refractivity contribution in [3.63, 3.8) is 0 Å². The molecule has 2 aliphatic carbocycles. The topological polar surface area (TPSA) is 0 Å². The Labute approximate surface area is 137 Å². The predicted molar refractivity (Wildman–Crippen MR) is 100 cm³/mol. The average molecular weight is 335 g/mol. The molecule has 0 radical (unpaired) electrons. The number of benzene rings is 1. The molecule has 0 nitrogen and oxygen atoms in total. The highest BCUT2D eigenvalue weighted by molar-refractivity contribution is 6.89. The molecule has 2 bridgehead atoms. The summed E-state index contributed by atoms with van der Waals surface area (Å²) in [5.41, 5.74) is 2.42. The molecule has 0 spiro atoms. The monoisotopic (exact) mass is 334 g/mol. The lowest BCUT2D eigenvalue weighted by molar-refractivity contribution is 0.412. The van der Waals surface area contributed by atoms with Crippen LogP contribution >= 0.6 is 0 Å². The van der Waals surface area contributed by atoms with Crippen LogP contribution < -0.4 is 5.19 Å². The molecule has 22 heavy (non-hydrogen) atoms. The fourth-order valence-electron chi connectivity index (χ4n) is 5.45. The first kappa shape index (κ1) is 16.4. The van der Waals surface area contributed by atoms with Gasteiger partial charge in [-0.15, -0.1) is 0 Å². The van der Waals surface area contributed by atoms with Crippen molar-refractivity contribution in [1.29, 1.82) is 0 Å². The highest BCUT2D eigenvalue weighted by Gasteiger charge is 2.53. The van der Waals surface area contributed by atoms with Gasteiger partial charge in [0, 0.05) is 8.07 Å². The van der Waals surface area contributed by atoms with Crippen LogP contribution in [0, 0.1) is 17.7 Å². The Balaban J connectivity index is 2.10. The van der Waals surface area contributed by atoms with Crippen molar-refractivity contribution in [3.05, 3.63) is 29.6 Å². The van der Waals surface area contributed by atoms with E-state index in [1.807, 2.05) is 6.07 Å². The normalized spacial score (nSPS) is 31.8. The van der Waals surface area contributed by atoms with Crippen LogP contribution in [0.1, 0.15) is 30.7 Å². The summed E-state index contributed by atoms with van der Waals surface area (Å²) in [5, 5.41) is 1.38. The quantitative estimate of drug-likeness (QED) is 0.632. The number of hydrogen-bond acceptors (Lipinski definition) is 0. The number of halogens is 1. The van der Waals surface area contributed by atoms with Crippen LogP contribution in [0.3, 0.4) is 0 Å². The first-order chi connectivity index (χ1) is 10.1. The second-order valence-corrected chi connectivity index (χ2v) is 20.2. The van der Waals surface area contributed by atoms with Gasteiger partial charge in [0.25, 0.3) is 0 Å². The average Bonchev–Trinajstić information content (AvgIpc) is 2.96. The number of rotatable bonds is 3. The van der Waals surface area contributed by atoms with E-state index in [2.05, 4.69) is 45.3 Å². The van der Waals surface area contributed by atoms with Gasteiger partial charge >= 0.3 is 0 Å². The second kappa shape index (κ2) is 5.30. The third-order valence-electron chi connectivity index (χ3n) is 6.10. The van der Waals surface area contributed by atoms with E-state index in [4.69, 9.17) is 0 Å². The van der Waals surface area contributed by atoms with Crippen molar-refractivity contribution in [2.24, 2.45) is 11.8 Å².